The predicted molar refractivity (Wildman–Crippen MR) is 62.0 cm³/mol. The first-order chi connectivity index (χ1) is 8.86. The Morgan fingerprint density at radius 2 is 1.95 bits per heavy atom. The molecule has 104 valence electrons. The van der Waals surface area contributed by atoms with E-state index in [0.29, 0.717) is 12.1 Å². The van der Waals surface area contributed by atoms with E-state index in [1.165, 1.54) is 0 Å². The fraction of sp³-hybridized carbons (Fsp3) is 0.273. The van der Waals surface area contributed by atoms with Crippen molar-refractivity contribution in [2.45, 2.75) is 12.5 Å². The summed E-state index contributed by atoms with van der Waals surface area (Å²) in [7, 11) is 0. The van der Waals surface area contributed by atoms with Crippen LogP contribution in [-0.2, 0) is 4.79 Å². The average molecular weight is 294 g/mol. The average Bonchev–Trinajstić information content (AvgIpc) is 2.32. The first kappa shape index (κ1) is 15.3. The second kappa shape index (κ2) is 6.44. The topological polar surface area (TPSA) is 86.6 Å². The summed E-state index contributed by atoms with van der Waals surface area (Å²) in [5, 5.41) is 18.9. The van der Waals surface area contributed by atoms with Crippen LogP contribution in [0.4, 0.5) is 8.78 Å². The van der Waals surface area contributed by atoms with Gasteiger partial charge in [0.2, 0.25) is 0 Å². The number of hydrogen-bond acceptors (Lipinski definition) is 3. The van der Waals surface area contributed by atoms with Gasteiger partial charge in [-0.3, -0.25) is 4.79 Å². The lowest BCUT2D eigenvalue weighted by atomic mass is 10.1. The van der Waals surface area contributed by atoms with Gasteiger partial charge in [-0.15, -0.1) is 0 Å². The van der Waals surface area contributed by atoms with Crippen LogP contribution in [0.15, 0.2) is 12.1 Å². The second-order valence-electron chi connectivity index (χ2n) is 3.62. The van der Waals surface area contributed by atoms with Gasteiger partial charge in [-0.2, -0.15) is 0 Å². The van der Waals surface area contributed by atoms with Crippen LogP contribution in [0, 0.1) is 11.6 Å². The number of nitrogens with one attached hydrogen (secondary N) is 1. The van der Waals surface area contributed by atoms with E-state index in [1.807, 2.05) is 5.32 Å². The largest absolute Gasteiger partial charge is 0.480 e. The number of amides is 1. The molecule has 0 aliphatic heterocycles. The first-order valence-electron chi connectivity index (χ1n) is 5.16. The van der Waals surface area contributed by atoms with Crippen LogP contribution in [0.25, 0.3) is 0 Å². The molecular formula is C11H10ClF2NO4. The molecule has 0 aliphatic rings. The third kappa shape index (κ3) is 3.87. The smallest absolute Gasteiger partial charge is 0.326 e. The van der Waals surface area contributed by atoms with E-state index in [9.17, 15) is 18.4 Å². The minimum atomic E-state index is -1.39. The fourth-order valence-electron chi connectivity index (χ4n) is 1.32. The zero-order chi connectivity index (χ0) is 14.6. The van der Waals surface area contributed by atoms with Crippen molar-refractivity contribution in [2.75, 3.05) is 6.61 Å². The van der Waals surface area contributed by atoms with E-state index in [0.717, 1.165) is 0 Å². The Morgan fingerprint density at radius 1 is 1.32 bits per heavy atom. The van der Waals surface area contributed by atoms with E-state index in [-0.39, 0.29) is 6.42 Å². The van der Waals surface area contributed by atoms with Gasteiger partial charge in [-0.05, 0) is 12.1 Å². The SMILES string of the molecule is O=C(N[C@@H](CCO)C(=O)O)c1cc(F)c(Cl)cc1F. The first-order valence-corrected chi connectivity index (χ1v) is 5.53. The number of aliphatic hydroxyl groups is 1. The number of aliphatic carboxylic acids is 1. The summed E-state index contributed by atoms with van der Waals surface area (Å²) < 4.78 is 26.5. The highest BCUT2D eigenvalue weighted by molar-refractivity contribution is 6.30. The summed E-state index contributed by atoms with van der Waals surface area (Å²) in [6.45, 7) is -0.477. The highest BCUT2D eigenvalue weighted by Gasteiger charge is 2.22. The molecule has 1 atom stereocenters. The number of carbonyl (C=O) groups excluding carboxylic acids is 1. The monoisotopic (exact) mass is 293 g/mol. The van der Waals surface area contributed by atoms with E-state index in [2.05, 4.69) is 0 Å². The molecule has 1 rings (SSSR count). The summed E-state index contributed by atoms with van der Waals surface area (Å²) in [4.78, 5) is 22.4. The standard InChI is InChI=1S/C11H10ClF2NO4/c12-6-4-7(13)5(3-8(6)14)10(17)15-9(1-2-16)11(18)19/h3-4,9,16H,1-2H2,(H,15,17)(H,18,19)/t9-/m0/s1. The predicted octanol–water partition coefficient (Wildman–Crippen LogP) is 1.18. The Hall–Kier alpha value is -1.73. The highest BCUT2D eigenvalue weighted by Crippen LogP contribution is 2.19. The summed E-state index contributed by atoms with van der Waals surface area (Å²) in [6.07, 6.45) is -0.251. The molecule has 8 heteroatoms. The Kier molecular flexibility index (Phi) is 5.20. The number of carboxylic acids is 1. The number of carboxylic acid groups (broad SMARTS) is 1. The van der Waals surface area contributed by atoms with Crippen molar-refractivity contribution in [3.05, 3.63) is 34.4 Å². The molecule has 5 nitrogen and oxygen atoms in total. The van der Waals surface area contributed by atoms with E-state index in [1.54, 1.807) is 0 Å². The van der Waals surface area contributed by atoms with Crippen molar-refractivity contribution < 1.29 is 28.6 Å². The highest BCUT2D eigenvalue weighted by atomic mass is 35.5. The van der Waals surface area contributed by atoms with Gasteiger partial charge in [-0.1, -0.05) is 11.6 Å². The number of carbonyl (C=O) groups is 2. The summed E-state index contributed by atoms with van der Waals surface area (Å²) in [5.74, 6) is -4.56. The molecule has 1 amide bonds. The third-order valence-electron chi connectivity index (χ3n) is 2.28. The molecule has 0 bridgehead atoms. The molecule has 0 radical (unpaired) electrons. The normalized spacial score (nSPS) is 12.0. The second-order valence-corrected chi connectivity index (χ2v) is 4.03. The minimum absolute atomic E-state index is 0.251. The van der Waals surface area contributed by atoms with Crippen molar-refractivity contribution >= 4 is 23.5 Å². The van der Waals surface area contributed by atoms with Crippen molar-refractivity contribution in [2.24, 2.45) is 0 Å². The van der Waals surface area contributed by atoms with Crippen LogP contribution < -0.4 is 5.32 Å². The number of aliphatic hydroxyl groups excluding tert-OH is 1. The van der Waals surface area contributed by atoms with Gasteiger partial charge in [0.05, 0.1) is 10.6 Å². The molecule has 1 aromatic rings. The molecule has 0 saturated carbocycles. The van der Waals surface area contributed by atoms with Crippen LogP contribution in [-0.4, -0.2) is 34.7 Å². The van der Waals surface area contributed by atoms with Gasteiger partial charge in [0, 0.05) is 13.0 Å². The van der Waals surface area contributed by atoms with Gasteiger partial charge < -0.3 is 15.5 Å². The molecule has 0 aromatic heterocycles. The minimum Gasteiger partial charge on any atom is -0.480 e. The summed E-state index contributed by atoms with van der Waals surface area (Å²) >= 11 is 5.32. The van der Waals surface area contributed by atoms with Gasteiger partial charge in [0.25, 0.3) is 5.91 Å². The van der Waals surface area contributed by atoms with Crippen LogP contribution in [0.5, 0.6) is 0 Å². The molecule has 0 fully saturated rings. The van der Waals surface area contributed by atoms with Crippen molar-refractivity contribution in [3.8, 4) is 0 Å². The maximum absolute atomic E-state index is 13.4. The van der Waals surface area contributed by atoms with Gasteiger partial charge in [0.15, 0.2) is 0 Å². The summed E-state index contributed by atoms with van der Waals surface area (Å²) in [5.41, 5.74) is -0.661. The molecule has 0 aliphatic carbocycles. The number of benzene rings is 1. The Labute approximate surface area is 111 Å². The number of rotatable bonds is 5. The van der Waals surface area contributed by atoms with Crippen LogP contribution >= 0.6 is 11.6 Å². The van der Waals surface area contributed by atoms with Gasteiger partial charge >= 0.3 is 5.97 Å². The van der Waals surface area contributed by atoms with Crippen molar-refractivity contribution in [1.29, 1.82) is 0 Å². The Balaban J connectivity index is 2.94. The molecule has 0 heterocycles. The van der Waals surface area contributed by atoms with E-state index >= 15 is 0 Å². The molecule has 1 aromatic carbocycles. The van der Waals surface area contributed by atoms with Crippen molar-refractivity contribution in [1.82, 2.24) is 5.32 Å². The number of halogens is 3. The van der Waals surface area contributed by atoms with Gasteiger partial charge in [-0.25, -0.2) is 13.6 Å². The zero-order valence-electron chi connectivity index (χ0n) is 9.49. The molecule has 3 N–H and O–H groups in total. The third-order valence-corrected chi connectivity index (χ3v) is 2.57. The quantitative estimate of drug-likeness (QED) is 0.712. The lowest BCUT2D eigenvalue weighted by Crippen LogP contribution is -2.41. The molecular weight excluding hydrogens is 284 g/mol. The van der Waals surface area contributed by atoms with Crippen LogP contribution in [0.3, 0.4) is 0 Å². The molecule has 19 heavy (non-hydrogen) atoms. The van der Waals surface area contributed by atoms with Crippen molar-refractivity contribution in [3.63, 3.8) is 0 Å². The maximum Gasteiger partial charge on any atom is 0.326 e. The zero-order valence-corrected chi connectivity index (χ0v) is 10.2. The van der Waals surface area contributed by atoms with Crippen LogP contribution in [0.2, 0.25) is 5.02 Å². The molecule has 0 saturated heterocycles. The lowest BCUT2D eigenvalue weighted by Gasteiger charge is -2.13. The summed E-state index contributed by atoms with van der Waals surface area (Å²) in [6, 6.07) is -0.200. The van der Waals surface area contributed by atoms with E-state index < -0.39 is 46.7 Å². The molecule has 0 spiro atoms. The lowest BCUT2D eigenvalue weighted by molar-refractivity contribution is -0.139. The number of hydrogen-bond donors (Lipinski definition) is 3. The Bertz CT molecular complexity index is 510. The van der Waals surface area contributed by atoms with Gasteiger partial charge in [0.1, 0.15) is 17.7 Å². The maximum atomic E-state index is 13.4. The van der Waals surface area contributed by atoms with E-state index in [4.69, 9.17) is 21.8 Å². The Morgan fingerprint density at radius 3 is 2.47 bits per heavy atom. The van der Waals surface area contributed by atoms with Crippen LogP contribution in [0.1, 0.15) is 16.8 Å². The fourth-order valence-corrected chi connectivity index (χ4v) is 1.47. The molecule has 0 unspecified atom stereocenters.